The molecule has 0 unspecified atom stereocenters. The molecule has 0 aromatic carbocycles. The minimum absolute atomic E-state index is 0.656. The van der Waals surface area contributed by atoms with Gasteiger partial charge in [-0.25, -0.2) is 4.79 Å². The first-order chi connectivity index (χ1) is 8.14. The second kappa shape index (κ2) is 8.92. The summed E-state index contributed by atoms with van der Waals surface area (Å²) in [5.41, 5.74) is -0.681. The molecular formula is C14H24O3. The van der Waals surface area contributed by atoms with E-state index < -0.39 is 11.8 Å². The maximum atomic E-state index is 11.2. The van der Waals surface area contributed by atoms with E-state index in [1.54, 1.807) is 0 Å². The highest BCUT2D eigenvalue weighted by Crippen LogP contribution is 2.20. The first-order valence-electron chi connectivity index (χ1n) is 6.41. The molecule has 0 N–H and O–H groups in total. The van der Waals surface area contributed by atoms with Gasteiger partial charge in [-0.3, -0.25) is 0 Å². The van der Waals surface area contributed by atoms with Crippen LogP contribution in [0.5, 0.6) is 0 Å². The van der Waals surface area contributed by atoms with Gasteiger partial charge in [0.05, 0.1) is 7.11 Å². The van der Waals surface area contributed by atoms with Gasteiger partial charge >= 0.3 is 6.16 Å². The van der Waals surface area contributed by atoms with Gasteiger partial charge in [0, 0.05) is 6.42 Å². The molecular weight excluding hydrogens is 216 g/mol. The van der Waals surface area contributed by atoms with Gasteiger partial charge in [0.15, 0.2) is 5.60 Å². The van der Waals surface area contributed by atoms with Crippen LogP contribution in [0.15, 0.2) is 0 Å². The maximum Gasteiger partial charge on any atom is 0.509 e. The van der Waals surface area contributed by atoms with Gasteiger partial charge in [0.2, 0.25) is 0 Å². The fourth-order valence-electron chi connectivity index (χ4n) is 1.48. The summed E-state index contributed by atoms with van der Waals surface area (Å²) in [6.45, 7) is 6.09. The molecule has 0 amide bonds. The Morgan fingerprint density at radius 2 is 1.82 bits per heavy atom. The average molecular weight is 240 g/mol. The zero-order valence-corrected chi connectivity index (χ0v) is 11.5. The lowest BCUT2D eigenvalue weighted by atomic mass is 9.97. The van der Waals surface area contributed by atoms with Crippen LogP contribution in [0.25, 0.3) is 0 Å². The third kappa shape index (κ3) is 6.21. The molecule has 0 heterocycles. The molecule has 0 atom stereocenters. The fourth-order valence-corrected chi connectivity index (χ4v) is 1.48. The van der Waals surface area contributed by atoms with E-state index in [-0.39, 0.29) is 0 Å². The molecule has 0 bridgehead atoms. The molecule has 98 valence electrons. The fraction of sp³-hybridized carbons (Fsp3) is 0.786. The molecule has 0 aliphatic carbocycles. The molecule has 0 radical (unpaired) electrons. The Hall–Kier alpha value is -1.17. The predicted molar refractivity (Wildman–Crippen MR) is 68.7 cm³/mol. The van der Waals surface area contributed by atoms with Crippen LogP contribution in [-0.4, -0.2) is 18.9 Å². The number of carbonyl (C=O) groups excluding carboxylic acids is 1. The van der Waals surface area contributed by atoms with E-state index >= 15 is 0 Å². The molecule has 0 saturated carbocycles. The van der Waals surface area contributed by atoms with Crippen molar-refractivity contribution >= 4 is 6.16 Å². The minimum atomic E-state index is -0.681. The number of carbonyl (C=O) groups is 1. The van der Waals surface area contributed by atoms with E-state index in [0.717, 1.165) is 12.8 Å². The summed E-state index contributed by atoms with van der Waals surface area (Å²) in [5, 5.41) is 0. The van der Waals surface area contributed by atoms with Gasteiger partial charge in [-0.15, -0.1) is 0 Å². The molecule has 0 fully saturated rings. The number of hydrogen-bond acceptors (Lipinski definition) is 3. The molecule has 3 heteroatoms. The Balaban J connectivity index is 4.43. The van der Waals surface area contributed by atoms with Crippen molar-refractivity contribution in [2.24, 2.45) is 0 Å². The van der Waals surface area contributed by atoms with Crippen LogP contribution in [0.3, 0.4) is 0 Å². The maximum absolute atomic E-state index is 11.2. The second-order valence-electron chi connectivity index (χ2n) is 4.02. The van der Waals surface area contributed by atoms with E-state index in [1.165, 1.54) is 20.0 Å². The summed E-state index contributed by atoms with van der Waals surface area (Å²) in [4.78, 5) is 11.2. The van der Waals surface area contributed by atoms with Gasteiger partial charge in [-0.1, -0.05) is 45.5 Å². The average Bonchev–Trinajstić information content (AvgIpc) is 2.37. The van der Waals surface area contributed by atoms with E-state index in [9.17, 15) is 4.79 Å². The van der Waals surface area contributed by atoms with Gasteiger partial charge in [-0.2, -0.15) is 0 Å². The third-order valence-electron chi connectivity index (χ3n) is 2.81. The van der Waals surface area contributed by atoms with Crippen molar-refractivity contribution in [3.63, 3.8) is 0 Å². The van der Waals surface area contributed by atoms with Crippen LogP contribution in [0.1, 0.15) is 59.3 Å². The summed E-state index contributed by atoms with van der Waals surface area (Å²) < 4.78 is 9.78. The summed E-state index contributed by atoms with van der Waals surface area (Å²) in [6, 6.07) is 0. The Bertz CT molecular complexity index is 269. The third-order valence-corrected chi connectivity index (χ3v) is 2.81. The SMILES string of the molecule is CCCCCC#CC(CC)(CC)OC(=O)OC. The van der Waals surface area contributed by atoms with E-state index in [2.05, 4.69) is 23.5 Å². The van der Waals surface area contributed by atoms with Crippen LogP contribution in [-0.2, 0) is 9.47 Å². The zero-order chi connectivity index (χ0) is 13.1. The largest absolute Gasteiger partial charge is 0.509 e. The van der Waals surface area contributed by atoms with Crippen LogP contribution < -0.4 is 0 Å². The molecule has 0 aliphatic rings. The van der Waals surface area contributed by atoms with Crippen LogP contribution in [0.4, 0.5) is 4.79 Å². The molecule has 0 spiro atoms. The monoisotopic (exact) mass is 240 g/mol. The molecule has 17 heavy (non-hydrogen) atoms. The summed E-state index contributed by atoms with van der Waals surface area (Å²) >= 11 is 0. The summed E-state index contributed by atoms with van der Waals surface area (Å²) in [6.07, 6.45) is 5.05. The summed E-state index contributed by atoms with van der Waals surface area (Å²) in [5.74, 6) is 6.19. The lowest BCUT2D eigenvalue weighted by Crippen LogP contribution is -2.32. The lowest BCUT2D eigenvalue weighted by molar-refractivity contribution is 0.000675. The van der Waals surface area contributed by atoms with Crippen molar-refractivity contribution in [1.82, 2.24) is 0 Å². The molecule has 0 aromatic heterocycles. The Kier molecular flexibility index (Phi) is 8.31. The van der Waals surface area contributed by atoms with Crippen LogP contribution >= 0.6 is 0 Å². The second-order valence-corrected chi connectivity index (χ2v) is 4.02. The summed E-state index contributed by atoms with van der Waals surface area (Å²) in [7, 11) is 1.31. The molecule has 0 aliphatic heterocycles. The normalized spacial score (nSPS) is 10.4. The number of hydrogen-bond donors (Lipinski definition) is 0. The quantitative estimate of drug-likeness (QED) is 0.401. The molecule has 0 saturated heterocycles. The minimum Gasteiger partial charge on any atom is -0.438 e. The van der Waals surface area contributed by atoms with Crippen molar-refractivity contribution in [3.05, 3.63) is 0 Å². The van der Waals surface area contributed by atoms with E-state index in [0.29, 0.717) is 12.8 Å². The highest BCUT2D eigenvalue weighted by atomic mass is 16.7. The topological polar surface area (TPSA) is 35.5 Å². The lowest BCUT2D eigenvalue weighted by Gasteiger charge is -2.24. The van der Waals surface area contributed by atoms with Crippen molar-refractivity contribution in [3.8, 4) is 11.8 Å². The van der Waals surface area contributed by atoms with Crippen molar-refractivity contribution < 1.29 is 14.3 Å². The van der Waals surface area contributed by atoms with Gasteiger partial charge in [0.25, 0.3) is 0 Å². The van der Waals surface area contributed by atoms with Crippen molar-refractivity contribution in [2.45, 2.75) is 64.9 Å². The highest BCUT2D eigenvalue weighted by molar-refractivity contribution is 5.61. The Morgan fingerprint density at radius 3 is 2.29 bits per heavy atom. The standard InChI is InChI=1S/C14H24O3/c1-5-8-9-10-11-12-14(6-2,7-3)17-13(15)16-4/h5-10H2,1-4H3. The predicted octanol–water partition coefficient (Wildman–Crippen LogP) is 3.91. The number of ether oxygens (including phenoxy) is 2. The number of rotatable bonds is 6. The van der Waals surface area contributed by atoms with E-state index in [4.69, 9.17) is 4.74 Å². The van der Waals surface area contributed by atoms with Crippen molar-refractivity contribution in [1.29, 1.82) is 0 Å². The molecule has 0 rings (SSSR count). The first-order valence-corrected chi connectivity index (χ1v) is 6.41. The van der Waals surface area contributed by atoms with Crippen molar-refractivity contribution in [2.75, 3.05) is 7.11 Å². The van der Waals surface area contributed by atoms with E-state index in [1.807, 2.05) is 13.8 Å². The highest BCUT2D eigenvalue weighted by Gasteiger charge is 2.28. The Labute approximate surface area is 105 Å². The first kappa shape index (κ1) is 15.8. The molecule has 0 aromatic rings. The van der Waals surface area contributed by atoms with Gasteiger partial charge < -0.3 is 9.47 Å². The number of unbranched alkanes of at least 4 members (excludes halogenated alkanes) is 3. The number of methoxy groups -OCH3 is 1. The van der Waals surface area contributed by atoms with Gasteiger partial charge in [0.1, 0.15) is 0 Å². The zero-order valence-electron chi connectivity index (χ0n) is 11.5. The van der Waals surface area contributed by atoms with Gasteiger partial charge in [-0.05, 0) is 19.3 Å². The van der Waals surface area contributed by atoms with Crippen LogP contribution in [0, 0.1) is 11.8 Å². The Morgan fingerprint density at radius 1 is 1.18 bits per heavy atom. The van der Waals surface area contributed by atoms with Crippen LogP contribution in [0.2, 0.25) is 0 Å². The smallest absolute Gasteiger partial charge is 0.438 e. The molecule has 3 nitrogen and oxygen atoms in total.